The summed E-state index contributed by atoms with van der Waals surface area (Å²) in [4.78, 5) is 29.2. The summed E-state index contributed by atoms with van der Waals surface area (Å²) in [5.41, 5.74) is 0.0692. The third-order valence-corrected chi connectivity index (χ3v) is 3.87. The Kier molecular flexibility index (Phi) is 4.68. The van der Waals surface area contributed by atoms with Gasteiger partial charge in [0.25, 0.3) is 0 Å². The molecule has 8 heteroatoms. The van der Waals surface area contributed by atoms with E-state index in [1.807, 2.05) is 0 Å². The molecule has 0 fully saturated rings. The van der Waals surface area contributed by atoms with Crippen LogP contribution >= 0.6 is 7.60 Å². The molecule has 1 aromatic rings. The second kappa shape index (κ2) is 5.69. The maximum Gasteiger partial charge on any atom is 0.356 e. The van der Waals surface area contributed by atoms with Crippen molar-refractivity contribution in [2.45, 2.75) is 26.7 Å². The summed E-state index contributed by atoms with van der Waals surface area (Å²) in [6.07, 6.45) is 0.512. The van der Waals surface area contributed by atoms with Crippen molar-refractivity contribution in [2.75, 3.05) is 7.11 Å². The maximum absolute atomic E-state index is 11.5. The van der Waals surface area contributed by atoms with Crippen molar-refractivity contribution in [1.82, 2.24) is 0 Å². The minimum Gasteiger partial charge on any atom is -0.490 e. The van der Waals surface area contributed by atoms with E-state index in [0.717, 1.165) is 0 Å². The van der Waals surface area contributed by atoms with Crippen molar-refractivity contribution in [1.29, 1.82) is 0 Å². The lowest BCUT2D eigenvalue weighted by Crippen LogP contribution is -2.16. The van der Waals surface area contributed by atoms with Gasteiger partial charge in [0.1, 0.15) is 0 Å². The molecule has 19 heavy (non-hydrogen) atoms. The summed E-state index contributed by atoms with van der Waals surface area (Å²) >= 11 is 0. The van der Waals surface area contributed by atoms with Gasteiger partial charge in [-0.3, -0.25) is 14.7 Å². The van der Waals surface area contributed by atoms with Gasteiger partial charge < -0.3 is 14.5 Å². The molecule has 0 amide bonds. The van der Waals surface area contributed by atoms with Crippen molar-refractivity contribution in [2.24, 2.45) is 0 Å². The van der Waals surface area contributed by atoms with Gasteiger partial charge >= 0.3 is 13.3 Å². The van der Waals surface area contributed by atoms with Crippen LogP contribution in [-0.2, 0) is 17.4 Å². The first-order valence-electron chi connectivity index (χ1n) is 5.71. The van der Waals surface area contributed by atoms with Gasteiger partial charge in [-0.25, -0.2) is 0 Å². The van der Waals surface area contributed by atoms with Gasteiger partial charge in [-0.2, -0.15) is 0 Å². The SMILES string of the molecule is CCc1cc(P(=O)(O)O)c(CC)c([N+](=O)[O-])c1OC. The Bertz CT molecular complexity index is 551. The van der Waals surface area contributed by atoms with E-state index in [0.29, 0.717) is 12.0 Å². The molecule has 0 radical (unpaired) electrons. The number of nitro benzene ring substituents is 1. The van der Waals surface area contributed by atoms with E-state index in [9.17, 15) is 24.5 Å². The zero-order chi connectivity index (χ0) is 14.8. The number of nitro groups is 1. The Morgan fingerprint density at radius 1 is 1.37 bits per heavy atom. The van der Waals surface area contributed by atoms with Gasteiger partial charge in [0.05, 0.1) is 17.3 Å². The van der Waals surface area contributed by atoms with Crippen LogP contribution in [0, 0.1) is 10.1 Å². The van der Waals surface area contributed by atoms with Crippen LogP contribution in [0.3, 0.4) is 0 Å². The lowest BCUT2D eigenvalue weighted by molar-refractivity contribution is -0.386. The molecule has 0 bridgehead atoms. The molecular weight excluding hydrogens is 273 g/mol. The van der Waals surface area contributed by atoms with Crippen LogP contribution in [0.4, 0.5) is 5.69 Å². The first-order valence-corrected chi connectivity index (χ1v) is 7.32. The van der Waals surface area contributed by atoms with Gasteiger partial charge in [0.15, 0.2) is 5.75 Å². The summed E-state index contributed by atoms with van der Waals surface area (Å²) in [6.45, 7) is 3.34. The average molecular weight is 289 g/mol. The number of benzene rings is 1. The van der Waals surface area contributed by atoms with Crippen molar-refractivity contribution in [3.8, 4) is 5.75 Å². The van der Waals surface area contributed by atoms with Gasteiger partial charge in [0, 0.05) is 11.1 Å². The van der Waals surface area contributed by atoms with E-state index < -0.39 is 12.5 Å². The number of nitrogens with zero attached hydrogens (tertiary/aromatic N) is 1. The van der Waals surface area contributed by atoms with Crippen molar-refractivity contribution in [3.63, 3.8) is 0 Å². The van der Waals surface area contributed by atoms with Gasteiger partial charge in [-0.15, -0.1) is 0 Å². The predicted octanol–water partition coefficient (Wildman–Crippen LogP) is 1.53. The van der Waals surface area contributed by atoms with Crippen molar-refractivity contribution < 1.29 is 24.0 Å². The highest BCUT2D eigenvalue weighted by atomic mass is 31.2. The molecule has 2 N–H and O–H groups in total. The normalized spacial score (nSPS) is 11.4. The Hall–Kier alpha value is -1.43. The van der Waals surface area contributed by atoms with Gasteiger partial charge in [-0.1, -0.05) is 13.8 Å². The molecule has 0 saturated carbocycles. The van der Waals surface area contributed by atoms with Crippen molar-refractivity contribution in [3.05, 3.63) is 27.3 Å². The number of hydrogen-bond acceptors (Lipinski definition) is 4. The standard InChI is InChI=1S/C11H16NO6P/c1-4-7-6-9(19(15,16)17)8(5-2)10(12(13)14)11(7)18-3/h6H,4-5H2,1-3H3,(H2,15,16,17). The smallest absolute Gasteiger partial charge is 0.356 e. The molecule has 0 heterocycles. The number of ether oxygens (including phenoxy) is 1. The predicted molar refractivity (Wildman–Crippen MR) is 70.1 cm³/mol. The summed E-state index contributed by atoms with van der Waals surface area (Å²) in [5, 5.41) is 10.9. The van der Waals surface area contributed by atoms with E-state index in [1.54, 1.807) is 13.8 Å². The molecule has 106 valence electrons. The van der Waals surface area contributed by atoms with Crippen molar-refractivity contribution >= 4 is 18.6 Å². The van der Waals surface area contributed by atoms with E-state index in [4.69, 9.17) is 4.74 Å². The van der Waals surface area contributed by atoms with Gasteiger partial charge in [0.2, 0.25) is 0 Å². The second-order valence-electron chi connectivity index (χ2n) is 3.92. The van der Waals surface area contributed by atoms with Crippen LogP contribution in [0.1, 0.15) is 25.0 Å². The molecule has 7 nitrogen and oxygen atoms in total. The van der Waals surface area contributed by atoms with Gasteiger partial charge in [-0.05, 0) is 18.9 Å². The van der Waals surface area contributed by atoms with E-state index in [-0.39, 0.29) is 28.7 Å². The Morgan fingerprint density at radius 3 is 2.26 bits per heavy atom. The molecule has 0 aliphatic rings. The third kappa shape index (κ3) is 2.94. The van der Waals surface area contributed by atoms with Crippen LogP contribution in [0.2, 0.25) is 0 Å². The summed E-state index contributed by atoms with van der Waals surface area (Å²) in [5.74, 6) is 0.0709. The van der Waals surface area contributed by atoms with E-state index in [1.165, 1.54) is 13.2 Å². The molecule has 0 aromatic heterocycles. The molecule has 0 spiro atoms. The summed E-state index contributed by atoms with van der Waals surface area (Å²) < 4.78 is 16.5. The van der Waals surface area contributed by atoms with Crippen LogP contribution in [-0.4, -0.2) is 21.8 Å². The minimum absolute atomic E-state index is 0.0207. The molecule has 0 aliphatic carbocycles. The highest BCUT2D eigenvalue weighted by Gasteiger charge is 2.32. The minimum atomic E-state index is -4.57. The molecule has 0 atom stereocenters. The first-order chi connectivity index (χ1) is 8.77. The highest BCUT2D eigenvalue weighted by Crippen LogP contribution is 2.42. The molecule has 0 saturated heterocycles. The monoisotopic (exact) mass is 289 g/mol. The largest absolute Gasteiger partial charge is 0.490 e. The number of aryl methyl sites for hydroxylation is 1. The second-order valence-corrected chi connectivity index (χ2v) is 5.49. The van der Waals surface area contributed by atoms with E-state index in [2.05, 4.69) is 0 Å². The topological polar surface area (TPSA) is 110 Å². The quantitative estimate of drug-likeness (QED) is 0.483. The van der Waals surface area contributed by atoms with Crippen LogP contribution in [0.5, 0.6) is 5.75 Å². The molecule has 1 aromatic carbocycles. The molecule has 0 unspecified atom stereocenters. The first kappa shape index (κ1) is 15.6. The highest BCUT2D eigenvalue weighted by molar-refractivity contribution is 7.60. The lowest BCUT2D eigenvalue weighted by Gasteiger charge is -2.15. The number of hydrogen-bond donors (Lipinski definition) is 2. The fraction of sp³-hybridized carbons (Fsp3) is 0.455. The fourth-order valence-corrected chi connectivity index (χ4v) is 2.96. The zero-order valence-corrected chi connectivity index (χ0v) is 11.8. The van der Waals surface area contributed by atoms with Crippen LogP contribution in [0.15, 0.2) is 6.07 Å². The number of rotatable bonds is 5. The summed E-state index contributed by atoms with van der Waals surface area (Å²) in [6, 6.07) is 1.30. The fourth-order valence-electron chi connectivity index (χ4n) is 2.02. The molecule has 1 rings (SSSR count). The zero-order valence-electron chi connectivity index (χ0n) is 10.9. The molecule has 0 aliphatic heterocycles. The maximum atomic E-state index is 11.5. The van der Waals surface area contributed by atoms with Crippen LogP contribution < -0.4 is 10.0 Å². The average Bonchev–Trinajstić information content (AvgIpc) is 2.34. The molecular formula is C11H16NO6P. The Morgan fingerprint density at radius 2 is 1.95 bits per heavy atom. The van der Waals surface area contributed by atoms with Crippen LogP contribution in [0.25, 0.3) is 0 Å². The Balaban J connectivity index is 3.84. The van der Waals surface area contributed by atoms with E-state index >= 15 is 0 Å². The Labute approximate surface area is 110 Å². The summed E-state index contributed by atoms with van der Waals surface area (Å²) in [7, 11) is -3.27. The third-order valence-electron chi connectivity index (χ3n) is 2.85. The number of methoxy groups -OCH3 is 1. The lowest BCUT2D eigenvalue weighted by atomic mass is 10.0.